The molecule has 0 spiro atoms. The molecule has 138 valence electrons. The molecule has 2 atom stereocenters. The Kier molecular flexibility index (Phi) is 6.20. The van der Waals surface area contributed by atoms with Crippen LogP contribution in [0.2, 0.25) is 5.02 Å². The second kappa shape index (κ2) is 8.39. The highest BCUT2D eigenvalue weighted by Gasteiger charge is 2.36. The molecule has 6 heteroatoms. The lowest BCUT2D eigenvalue weighted by molar-refractivity contribution is 0.0775. The number of aliphatic hydroxyl groups is 1. The number of ether oxygens (including phenoxy) is 1. The van der Waals surface area contributed by atoms with E-state index in [2.05, 4.69) is 4.90 Å². The topological polar surface area (TPSA) is 53.0 Å². The van der Waals surface area contributed by atoms with Crippen molar-refractivity contribution in [1.82, 2.24) is 9.80 Å². The number of aliphatic hydroxyl groups excluding tert-OH is 1. The van der Waals surface area contributed by atoms with Crippen LogP contribution in [0.15, 0.2) is 18.2 Å². The Morgan fingerprint density at radius 3 is 2.64 bits per heavy atom. The van der Waals surface area contributed by atoms with Crippen LogP contribution >= 0.6 is 11.6 Å². The summed E-state index contributed by atoms with van der Waals surface area (Å²) in [4.78, 5) is 17.3. The van der Waals surface area contributed by atoms with Crippen molar-refractivity contribution in [3.05, 3.63) is 28.8 Å². The van der Waals surface area contributed by atoms with Gasteiger partial charge in [-0.2, -0.15) is 0 Å². The monoisotopic (exact) mass is 366 g/mol. The van der Waals surface area contributed by atoms with Gasteiger partial charge in [-0.3, -0.25) is 4.79 Å². The largest absolute Gasteiger partial charge is 0.496 e. The average molecular weight is 367 g/mol. The van der Waals surface area contributed by atoms with Gasteiger partial charge >= 0.3 is 0 Å². The molecule has 2 aliphatic heterocycles. The smallest absolute Gasteiger partial charge is 0.257 e. The zero-order valence-electron chi connectivity index (χ0n) is 14.8. The number of hydrogen-bond donors (Lipinski definition) is 1. The third-order valence-corrected chi connectivity index (χ3v) is 5.67. The number of carbonyl (C=O) groups excluding carboxylic acids is 1. The van der Waals surface area contributed by atoms with E-state index in [4.69, 9.17) is 16.3 Å². The quantitative estimate of drug-likeness (QED) is 0.870. The number of nitrogens with zero attached hydrogens (tertiary/aromatic N) is 2. The molecule has 2 fully saturated rings. The number of carbonyl (C=O) groups is 1. The average Bonchev–Trinajstić information content (AvgIpc) is 3.04. The van der Waals surface area contributed by atoms with E-state index < -0.39 is 0 Å². The predicted molar refractivity (Wildman–Crippen MR) is 98.3 cm³/mol. The van der Waals surface area contributed by atoms with Gasteiger partial charge in [0, 0.05) is 37.2 Å². The summed E-state index contributed by atoms with van der Waals surface area (Å²) in [6.45, 7) is 4.60. The van der Waals surface area contributed by atoms with E-state index in [0.717, 1.165) is 19.6 Å². The summed E-state index contributed by atoms with van der Waals surface area (Å²) in [5, 5.41) is 10.3. The van der Waals surface area contributed by atoms with Crippen molar-refractivity contribution in [2.24, 2.45) is 11.8 Å². The van der Waals surface area contributed by atoms with Gasteiger partial charge in [0.05, 0.1) is 12.7 Å². The van der Waals surface area contributed by atoms with Crippen LogP contribution in [0.3, 0.4) is 0 Å². The molecule has 0 saturated carbocycles. The molecule has 0 radical (unpaired) electrons. The Morgan fingerprint density at radius 2 is 1.96 bits per heavy atom. The van der Waals surface area contributed by atoms with Crippen LogP contribution in [0.5, 0.6) is 5.75 Å². The Bertz CT molecular complexity index is 604. The molecule has 2 heterocycles. The summed E-state index contributed by atoms with van der Waals surface area (Å²) in [5.41, 5.74) is 0.491. The second-order valence-electron chi connectivity index (χ2n) is 7.12. The molecule has 3 rings (SSSR count). The van der Waals surface area contributed by atoms with E-state index in [1.807, 2.05) is 4.90 Å². The zero-order valence-corrected chi connectivity index (χ0v) is 15.5. The maximum absolute atomic E-state index is 13.0. The van der Waals surface area contributed by atoms with Crippen molar-refractivity contribution in [2.45, 2.75) is 19.3 Å². The predicted octanol–water partition coefficient (Wildman–Crippen LogP) is 2.52. The first kappa shape index (κ1) is 18.5. The van der Waals surface area contributed by atoms with E-state index in [1.165, 1.54) is 19.3 Å². The summed E-state index contributed by atoms with van der Waals surface area (Å²) in [6, 6.07) is 5.10. The first-order valence-electron chi connectivity index (χ1n) is 9.08. The molecule has 1 N–H and O–H groups in total. The SMILES string of the molecule is COc1ccc(Cl)cc1C(=O)N1C[C@@H](CN2CCCCC2)[C@@H](CO)C1. The van der Waals surface area contributed by atoms with Crippen LogP contribution in [0, 0.1) is 11.8 Å². The Labute approximate surface area is 154 Å². The molecule has 1 amide bonds. The number of rotatable bonds is 5. The Hall–Kier alpha value is -1.30. The van der Waals surface area contributed by atoms with Crippen LogP contribution in [0.4, 0.5) is 0 Å². The van der Waals surface area contributed by atoms with Gasteiger partial charge in [0.25, 0.3) is 5.91 Å². The minimum Gasteiger partial charge on any atom is -0.496 e. The molecule has 0 bridgehead atoms. The molecular formula is C19H27ClN2O3. The molecule has 0 unspecified atom stereocenters. The maximum Gasteiger partial charge on any atom is 0.257 e. The normalized spacial score (nSPS) is 24.5. The fourth-order valence-electron chi connectivity index (χ4n) is 4.01. The molecule has 5 nitrogen and oxygen atoms in total. The molecule has 2 saturated heterocycles. The van der Waals surface area contributed by atoms with Crippen molar-refractivity contribution < 1.29 is 14.6 Å². The van der Waals surface area contributed by atoms with E-state index in [9.17, 15) is 9.90 Å². The van der Waals surface area contributed by atoms with Crippen molar-refractivity contribution >= 4 is 17.5 Å². The van der Waals surface area contributed by atoms with Gasteiger partial charge in [-0.1, -0.05) is 18.0 Å². The summed E-state index contributed by atoms with van der Waals surface area (Å²) in [7, 11) is 1.56. The van der Waals surface area contributed by atoms with Crippen LogP contribution in [-0.2, 0) is 0 Å². The highest BCUT2D eigenvalue weighted by atomic mass is 35.5. The summed E-state index contributed by atoms with van der Waals surface area (Å²) in [5.74, 6) is 0.918. The zero-order chi connectivity index (χ0) is 17.8. The van der Waals surface area contributed by atoms with Crippen LogP contribution < -0.4 is 4.74 Å². The standard InChI is InChI=1S/C19H27ClN2O3/c1-25-18-6-5-16(20)9-17(18)19(24)22-11-14(15(12-22)13-23)10-21-7-3-2-4-8-21/h5-6,9,14-15,23H,2-4,7-8,10-13H2,1H3/t14-,15-/m1/s1. The minimum absolute atomic E-state index is 0.0704. The fraction of sp³-hybridized carbons (Fsp3) is 0.632. The lowest BCUT2D eigenvalue weighted by Crippen LogP contribution is -2.37. The van der Waals surface area contributed by atoms with Gasteiger partial charge in [-0.15, -0.1) is 0 Å². The molecule has 1 aromatic rings. The fourth-order valence-corrected chi connectivity index (χ4v) is 4.18. The van der Waals surface area contributed by atoms with Crippen molar-refractivity contribution in [1.29, 1.82) is 0 Å². The van der Waals surface area contributed by atoms with E-state index >= 15 is 0 Å². The number of hydrogen-bond acceptors (Lipinski definition) is 4. The molecule has 25 heavy (non-hydrogen) atoms. The van der Waals surface area contributed by atoms with Gasteiger partial charge in [0.15, 0.2) is 0 Å². The molecule has 1 aromatic carbocycles. The summed E-state index contributed by atoms with van der Waals surface area (Å²) < 4.78 is 5.32. The lowest BCUT2D eigenvalue weighted by Gasteiger charge is -2.30. The van der Waals surface area contributed by atoms with Crippen LogP contribution in [-0.4, -0.2) is 67.3 Å². The van der Waals surface area contributed by atoms with E-state index in [1.54, 1.807) is 25.3 Å². The van der Waals surface area contributed by atoms with Crippen LogP contribution in [0.25, 0.3) is 0 Å². The second-order valence-corrected chi connectivity index (χ2v) is 7.56. The number of amides is 1. The molecule has 2 aliphatic rings. The molecular weight excluding hydrogens is 340 g/mol. The van der Waals surface area contributed by atoms with E-state index in [-0.39, 0.29) is 18.4 Å². The van der Waals surface area contributed by atoms with Gasteiger partial charge in [-0.25, -0.2) is 0 Å². The summed E-state index contributed by atoms with van der Waals surface area (Å²) >= 11 is 6.07. The maximum atomic E-state index is 13.0. The van der Waals surface area contributed by atoms with Gasteiger partial charge in [-0.05, 0) is 50.0 Å². The third kappa shape index (κ3) is 4.27. The minimum atomic E-state index is -0.0704. The number of likely N-dealkylation sites (tertiary alicyclic amines) is 2. The first-order chi connectivity index (χ1) is 12.1. The highest BCUT2D eigenvalue weighted by Crippen LogP contribution is 2.30. The number of benzene rings is 1. The first-order valence-corrected chi connectivity index (χ1v) is 9.46. The molecule has 0 aliphatic carbocycles. The summed E-state index contributed by atoms with van der Waals surface area (Å²) in [6.07, 6.45) is 3.81. The Morgan fingerprint density at radius 1 is 1.24 bits per heavy atom. The number of halogens is 1. The van der Waals surface area contributed by atoms with Crippen molar-refractivity contribution in [3.63, 3.8) is 0 Å². The van der Waals surface area contributed by atoms with Gasteiger partial charge in [0.2, 0.25) is 0 Å². The van der Waals surface area contributed by atoms with Gasteiger partial charge in [0.1, 0.15) is 5.75 Å². The van der Waals surface area contributed by atoms with Crippen molar-refractivity contribution in [2.75, 3.05) is 46.4 Å². The van der Waals surface area contributed by atoms with E-state index in [0.29, 0.717) is 35.3 Å². The number of methoxy groups -OCH3 is 1. The lowest BCUT2D eigenvalue weighted by atomic mass is 9.95. The molecule has 0 aromatic heterocycles. The van der Waals surface area contributed by atoms with Crippen molar-refractivity contribution in [3.8, 4) is 5.75 Å². The number of piperidine rings is 1. The third-order valence-electron chi connectivity index (χ3n) is 5.43. The Balaban J connectivity index is 1.70. The van der Waals surface area contributed by atoms with Gasteiger partial charge < -0.3 is 19.6 Å². The van der Waals surface area contributed by atoms with Crippen LogP contribution in [0.1, 0.15) is 29.6 Å². The highest BCUT2D eigenvalue weighted by molar-refractivity contribution is 6.31.